The molecule has 1 heterocycles. The molecular weight excluding hydrogens is 720 g/mol. The Labute approximate surface area is 332 Å². The summed E-state index contributed by atoms with van der Waals surface area (Å²) in [6, 6.07) is 0. The second-order valence-corrected chi connectivity index (χ2v) is 19.7. The summed E-state index contributed by atoms with van der Waals surface area (Å²) in [5.41, 5.74) is 0.102. The van der Waals surface area contributed by atoms with Crippen LogP contribution in [0.4, 0.5) is 0 Å². The highest BCUT2D eigenvalue weighted by atomic mass is 16.7. The molecule has 0 aromatic rings. The van der Waals surface area contributed by atoms with Gasteiger partial charge in [-0.05, 0) is 122 Å². The van der Waals surface area contributed by atoms with Crippen molar-refractivity contribution in [3.8, 4) is 0 Å². The molecule has 12 nitrogen and oxygen atoms in total. The van der Waals surface area contributed by atoms with Crippen molar-refractivity contribution < 1.29 is 57.5 Å². The van der Waals surface area contributed by atoms with Crippen LogP contribution in [0.2, 0.25) is 0 Å². The van der Waals surface area contributed by atoms with Gasteiger partial charge in [-0.3, -0.25) is 24.0 Å². The van der Waals surface area contributed by atoms with E-state index in [0.717, 1.165) is 63.4 Å². The highest BCUT2D eigenvalue weighted by molar-refractivity contribution is 5.76. The van der Waals surface area contributed by atoms with Crippen LogP contribution < -0.4 is 0 Å². The summed E-state index contributed by atoms with van der Waals surface area (Å²) in [6.07, 6.45) is 2.53. The molecule has 1 saturated heterocycles. The maximum atomic E-state index is 13.1. The molecule has 0 amide bonds. The second kappa shape index (κ2) is 15.0. The first-order valence-electron chi connectivity index (χ1n) is 20.9. The smallest absolute Gasteiger partial charge is 0.309 e. The van der Waals surface area contributed by atoms with Crippen LogP contribution >= 0.6 is 0 Å². The van der Waals surface area contributed by atoms with Crippen molar-refractivity contribution in [2.24, 2.45) is 56.7 Å². The SMILES string of the molecule is C=C(C)[C@@H]1CC[C@]2(C(=O)O)CC[C@]3(C)[C@H](CC[C@@H]4[C@@]5(C)CC[C@H](O[C@@H]6O[C@H](COC(C)=O)[C@@H](OC(C)=O)[C@H](OC(C)=O)[C@H]6OC(C)=O)C(C)(C)[C@@H]5CC[C@]43C)[C@@H]12. The van der Waals surface area contributed by atoms with Crippen LogP contribution in [-0.4, -0.2) is 78.4 Å². The van der Waals surface area contributed by atoms with Gasteiger partial charge in [-0.15, -0.1) is 0 Å². The number of rotatable bonds is 9. The minimum Gasteiger partial charge on any atom is -0.481 e. The molecule has 6 rings (SSSR count). The van der Waals surface area contributed by atoms with Crippen molar-refractivity contribution in [1.29, 1.82) is 0 Å². The molecular formula is C44H66O12. The van der Waals surface area contributed by atoms with Crippen molar-refractivity contribution in [3.63, 3.8) is 0 Å². The first-order valence-corrected chi connectivity index (χ1v) is 20.9. The number of hydrogen-bond donors (Lipinski definition) is 1. The van der Waals surface area contributed by atoms with E-state index >= 15 is 0 Å². The number of carboxylic acids is 1. The fourth-order valence-corrected chi connectivity index (χ4v) is 14.2. The number of carbonyl (C=O) groups excluding carboxylic acids is 4. The minimum atomic E-state index is -1.29. The molecule has 15 atom stereocenters. The number of carbonyl (C=O) groups is 5. The highest BCUT2D eigenvalue weighted by Crippen LogP contribution is 2.77. The molecule has 6 fully saturated rings. The molecule has 1 N–H and O–H groups in total. The third-order valence-electron chi connectivity index (χ3n) is 16.7. The van der Waals surface area contributed by atoms with Gasteiger partial charge in [0.2, 0.25) is 0 Å². The first kappa shape index (κ1) is 42.6. The van der Waals surface area contributed by atoms with Crippen molar-refractivity contribution in [2.45, 2.75) is 170 Å². The Morgan fingerprint density at radius 3 is 1.89 bits per heavy atom. The van der Waals surface area contributed by atoms with Crippen molar-refractivity contribution in [1.82, 2.24) is 0 Å². The number of carboxylic acid groups (broad SMARTS) is 1. The largest absolute Gasteiger partial charge is 0.481 e. The van der Waals surface area contributed by atoms with Crippen molar-refractivity contribution in [2.75, 3.05) is 6.61 Å². The lowest BCUT2D eigenvalue weighted by Gasteiger charge is -2.73. The zero-order valence-corrected chi connectivity index (χ0v) is 35.3. The maximum absolute atomic E-state index is 13.1. The maximum Gasteiger partial charge on any atom is 0.309 e. The number of allylic oxidation sites excluding steroid dienone is 1. The Morgan fingerprint density at radius 1 is 0.679 bits per heavy atom. The lowest BCUT2D eigenvalue weighted by molar-refractivity contribution is -0.334. The van der Waals surface area contributed by atoms with Gasteiger partial charge in [-0.1, -0.05) is 46.8 Å². The normalized spacial score (nSPS) is 45.1. The Bertz CT molecular complexity index is 1610. The van der Waals surface area contributed by atoms with Gasteiger partial charge in [0.1, 0.15) is 12.7 Å². The standard InChI is InChI=1S/C44H66O12/c1-23(2)28-14-19-44(39(49)50)21-20-42(10)29(34(28)44)12-13-32-41(9)17-16-33(40(7,8)31(41)15-18-43(32,42)11)56-38-37(54-27(6)48)36(53-26(5)47)35(52-25(4)46)30(55-38)22-51-24(3)45/h28-38H,1,12-22H2,2-11H3,(H,49,50)/t28-,29+,30+,31-,32+,33-,34+,35+,36-,37+,38-,41-,42+,43+,44-/m0/s1. The van der Waals surface area contributed by atoms with Crippen LogP contribution in [0.3, 0.4) is 0 Å². The van der Waals surface area contributed by atoms with Gasteiger partial charge in [0, 0.05) is 27.7 Å². The van der Waals surface area contributed by atoms with E-state index in [1.165, 1.54) is 27.7 Å². The van der Waals surface area contributed by atoms with E-state index in [4.69, 9.17) is 28.4 Å². The summed E-state index contributed by atoms with van der Waals surface area (Å²) in [5.74, 6) is -1.84. The molecule has 6 aliphatic rings. The number of hydrogen-bond acceptors (Lipinski definition) is 11. The van der Waals surface area contributed by atoms with Crippen LogP contribution in [0.1, 0.15) is 133 Å². The quantitative estimate of drug-likeness (QED) is 0.109. The third-order valence-corrected chi connectivity index (χ3v) is 16.7. The Morgan fingerprint density at radius 2 is 1.30 bits per heavy atom. The fourth-order valence-electron chi connectivity index (χ4n) is 14.2. The minimum absolute atomic E-state index is 0.00258. The number of fused-ring (bicyclic) bond motifs is 7. The zero-order valence-electron chi connectivity index (χ0n) is 35.3. The molecule has 0 radical (unpaired) electrons. The van der Waals surface area contributed by atoms with E-state index in [9.17, 15) is 29.1 Å². The molecule has 0 aromatic carbocycles. The second-order valence-electron chi connectivity index (χ2n) is 19.7. The van der Waals surface area contributed by atoms with Crippen LogP contribution in [0.25, 0.3) is 0 Å². The van der Waals surface area contributed by atoms with Crippen LogP contribution in [-0.2, 0) is 52.4 Å². The Kier molecular flexibility index (Phi) is 11.4. The van der Waals surface area contributed by atoms with Crippen molar-refractivity contribution >= 4 is 29.8 Å². The summed E-state index contributed by atoms with van der Waals surface area (Å²) >= 11 is 0. The highest BCUT2D eigenvalue weighted by Gasteiger charge is 2.72. The van der Waals surface area contributed by atoms with E-state index in [0.29, 0.717) is 18.3 Å². The van der Waals surface area contributed by atoms with E-state index in [2.05, 4.69) is 48.1 Å². The number of ether oxygens (including phenoxy) is 6. The Hall–Kier alpha value is -2.99. The fraction of sp³-hybridized carbons (Fsp3) is 0.841. The molecule has 314 valence electrons. The Balaban J connectivity index is 1.29. The first-order chi connectivity index (χ1) is 26.0. The number of esters is 4. The van der Waals surface area contributed by atoms with Gasteiger partial charge in [0.05, 0.1) is 11.5 Å². The average Bonchev–Trinajstić information content (AvgIpc) is 3.49. The van der Waals surface area contributed by atoms with Gasteiger partial charge in [0.25, 0.3) is 0 Å². The zero-order chi connectivity index (χ0) is 41.3. The monoisotopic (exact) mass is 786 g/mol. The van der Waals surface area contributed by atoms with E-state index < -0.39 is 66.0 Å². The van der Waals surface area contributed by atoms with Gasteiger partial charge in [-0.25, -0.2) is 0 Å². The molecule has 0 spiro atoms. The number of aliphatic carboxylic acids is 1. The third kappa shape index (κ3) is 6.80. The van der Waals surface area contributed by atoms with Gasteiger partial charge >= 0.3 is 29.8 Å². The van der Waals surface area contributed by atoms with Crippen molar-refractivity contribution in [3.05, 3.63) is 12.2 Å². The van der Waals surface area contributed by atoms with Crippen LogP contribution in [0, 0.1) is 56.7 Å². The molecule has 1 aliphatic heterocycles. The molecule has 0 bridgehead atoms. The van der Waals surface area contributed by atoms with Gasteiger partial charge in [0.15, 0.2) is 24.6 Å². The lowest BCUT2D eigenvalue weighted by atomic mass is 9.32. The van der Waals surface area contributed by atoms with E-state index in [1.54, 1.807) is 0 Å². The van der Waals surface area contributed by atoms with Crippen LogP contribution in [0.15, 0.2) is 12.2 Å². The molecule has 12 heteroatoms. The summed E-state index contributed by atoms with van der Waals surface area (Å²) in [6.45, 7) is 23.1. The van der Waals surface area contributed by atoms with E-state index in [1.807, 2.05) is 0 Å². The molecule has 5 aliphatic carbocycles. The van der Waals surface area contributed by atoms with Gasteiger partial charge < -0.3 is 33.5 Å². The lowest BCUT2D eigenvalue weighted by Crippen LogP contribution is -2.68. The molecule has 0 unspecified atom stereocenters. The summed E-state index contributed by atoms with van der Waals surface area (Å²) < 4.78 is 35.6. The molecule has 56 heavy (non-hydrogen) atoms. The summed E-state index contributed by atoms with van der Waals surface area (Å²) in [4.78, 5) is 62.2. The topological polar surface area (TPSA) is 161 Å². The molecule has 0 aromatic heterocycles. The average molecular weight is 787 g/mol. The summed E-state index contributed by atoms with van der Waals surface area (Å²) in [5, 5.41) is 10.8. The molecule has 5 saturated carbocycles. The summed E-state index contributed by atoms with van der Waals surface area (Å²) in [7, 11) is 0. The predicted molar refractivity (Wildman–Crippen MR) is 203 cm³/mol. The van der Waals surface area contributed by atoms with E-state index in [-0.39, 0.29) is 52.1 Å². The predicted octanol–water partition coefficient (Wildman–Crippen LogP) is 7.20. The van der Waals surface area contributed by atoms with Crippen LogP contribution in [0.5, 0.6) is 0 Å². The van der Waals surface area contributed by atoms with Gasteiger partial charge in [-0.2, -0.15) is 0 Å².